The van der Waals surface area contributed by atoms with Crippen molar-refractivity contribution in [1.29, 1.82) is 0 Å². The van der Waals surface area contributed by atoms with Crippen molar-refractivity contribution in [2.24, 2.45) is 0 Å². The summed E-state index contributed by atoms with van der Waals surface area (Å²) in [5.74, 6) is 0. The molecule has 0 aromatic heterocycles. The molecule has 13 heavy (non-hydrogen) atoms. The van der Waals surface area contributed by atoms with Gasteiger partial charge >= 0.3 is 0 Å². The van der Waals surface area contributed by atoms with Gasteiger partial charge in [-0.25, -0.2) is 0 Å². The van der Waals surface area contributed by atoms with Crippen LogP contribution < -0.4 is 0 Å². The molecule has 0 aromatic rings. The molecule has 74 valence electrons. The molecular weight excluding hydrogens is 159 g/mol. The minimum Gasteiger partial charge on any atom is -0.344 e. The minimum atomic E-state index is 0.588. The molecule has 0 bridgehead atoms. The molecule has 2 aliphatic rings. The van der Waals surface area contributed by atoms with E-state index >= 15 is 0 Å². The van der Waals surface area contributed by atoms with Gasteiger partial charge in [-0.05, 0) is 52.4 Å². The van der Waals surface area contributed by atoms with E-state index in [0.717, 1.165) is 0 Å². The first kappa shape index (κ1) is 9.54. The third-order valence-electron chi connectivity index (χ3n) is 4.11. The lowest BCUT2D eigenvalue weighted by Crippen LogP contribution is -2.56. The highest BCUT2D eigenvalue weighted by Crippen LogP contribution is 2.35. The zero-order valence-corrected chi connectivity index (χ0v) is 9.05. The van der Waals surface area contributed by atoms with Crippen molar-refractivity contribution < 1.29 is 0 Å². The summed E-state index contributed by atoms with van der Waals surface area (Å²) >= 11 is 0. The molecule has 2 aliphatic heterocycles. The van der Waals surface area contributed by atoms with Crippen LogP contribution >= 0.6 is 0 Å². The SMILES string of the molecule is BN1CCCCC12CCN(C)CC2. The number of hydrogen-bond donors (Lipinski definition) is 0. The summed E-state index contributed by atoms with van der Waals surface area (Å²) in [6, 6.07) is 0. The highest BCUT2D eigenvalue weighted by Gasteiger charge is 2.37. The Balaban J connectivity index is 2.01. The molecule has 2 rings (SSSR count). The topological polar surface area (TPSA) is 6.48 Å². The Morgan fingerprint density at radius 3 is 2.31 bits per heavy atom. The Labute approximate surface area is 82.7 Å². The lowest BCUT2D eigenvalue weighted by Gasteiger charge is -2.50. The van der Waals surface area contributed by atoms with Crippen LogP contribution in [-0.2, 0) is 0 Å². The summed E-state index contributed by atoms with van der Waals surface area (Å²) in [5.41, 5.74) is 0.588. The van der Waals surface area contributed by atoms with Gasteiger partial charge in [0.15, 0.2) is 7.98 Å². The van der Waals surface area contributed by atoms with Crippen LogP contribution in [0.1, 0.15) is 32.1 Å². The fourth-order valence-electron chi connectivity index (χ4n) is 2.90. The summed E-state index contributed by atoms with van der Waals surface area (Å²) in [6.45, 7) is 3.92. The van der Waals surface area contributed by atoms with Gasteiger partial charge in [0.25, 0.3) is 0 Å². The van der Waals surface area contributed by atoms with Crippen LogP contribution in [0.2, 0.25) is 0 Å². The monoisotopic (exact) mass is 180 g/mol. The first-order chi connectivity index (χ1) is 6.23. The lowest BCUT2D eigenvalue weighted by atomic mass is 9.77. The Morgan fingerprint density at radius 1 is 1.00 bits per heavy atom. The Kier molecular flexibility index (Phi) is 2.66. The second-order valence-corrected chi connectivity index (χ2v) is 4.91. The molecule has 0 aliphatic carbocycles. The smallest absolute Gasteiger partial charge is 0.186 e. The first-order valence-corrected chi connectivity index (χ1v) is 5.63. The van der Waals surface area contributed by atoms with Gasteiger partial charge < -0.3 is 9.71 Å². The van der Waals surface area contributed by atoms with Gasteiger partial charge in [-0.1, -0.05) is 6.42 Å². The molecule has 0 unspecified atom stereocenters. The third-order valence-corrected chi connectivity index (χ3v) is 4.11. The van der Waals surface area contributed by atoms with Gasteiger partial charge in [-0.2, -0.15) is 0 Å². The van der Waals surface area contributed by atoms with Crippen molar-refractivity contribution in [2.45, 2.75) is 37.6 Å². The third kappa shape index (κ3) is 1.77. The molecule has 0 radical (unpaired) electrons. The number of piperidine rings is 2. The number of rotatable bonds is 0. The van der Waals surface area contributed by atoms with Gasteiger partial charge in [-0.15, -0.1) is 0 Å². The van der Waals surface area contributed by atoms with Gasteiger partial charge in [0.05, 0.1) is 0 Å². The molecule has 0 amide bonds. The fraction of sp³-hybridized carbons (Fsp3) is 1.00. The summed E-state index contributed by atoms with van der Waals surface area (Å²) in [6.07, 6.45) is 7.08. The maximum absolute atomic E-state index is 2.63. The molecule has 1 spiro atoms. The molecule has 0 atom stereocenters. The van der Waals surface area contributed by atoms with Crippen LogP contribution in [-0.4, -0.2) is 49.9 Å². The predicted molar refractivity (Wildman–Crippen MR) is 58.6 cm³/mol. The molecule has 2 saturated heterocycles. The van der Waals surface area contributed by atoms with Crippen molar-refractivity contribution in [3.8, 4) is 0 Å². The van der Waals surface area contributed by atoms with Crippen LogP contribution in [0.5, 0.6) is 0 Å². The minimum absolute atomic E-state index is 0.588. The Morgan fingerprint density at radius 2 is 1.69 bits per heavy atom. The van der Waals surface area contributed by atoms with Crippen LogP contribution in [0.4, 0.5) is 0 Å². The lowest BCUT2D eigenvalue weighted by molar-refractivity contribution is 0.0588. The van der Waals surface area contributed by atoms with Crippen molar-refractivity contribution >= 4 is 7.98 Å². The number of hydrogen-bond acceptors (Lipinski definition) is 2. The Hall–Kier alpha value is -0.0151. The van der Waals surface area contributed by atoms with Crippen LogP contribution in [0.25, 0.3) is 0 Å². The van der Waals surface area contributed by atoms with E-state index in [1.165, 1.54) is 51.7 Å². The highest BCUT2D eigenvalue weighted by molar-refractivity contribution is 6.05. The number of likely N-dealkylation sites (tertiary alicyclic amines) is 1. The predicted octanol–water partition coefficient (Wildman–Crippen LogP) is 0.485. The fourth-order valence-corrected chi connectivity index (χ4v) is 2.90. The standard InChI is InChI=1S/C10H21BN2/c1-12-8-5-10(6-9-12)4-2-3-7-13(10)11/h2-9,11H2,1H3. The molecule has 2 fully saturated rings. The Bertz CT molecular complexity index is 176. The van der Waals surface area contributed by atoms with Crippen molar-refractivity contribution in [3.63, 3.8) is 0 Å². The van der Waals surface area contributed by atoms with E-state index in [4.69, 9.17) is 0 Å². The van der Waals surface area contributed by atoms with Crippen molar-refractivity contribution in [2.75, 3.05) is 26.7 Å². The quantitative estimate of drug-likeness (QED) is 0.500. The maximum Gasteiger partial charge on any atom is 0.186 e. The second-order valence-electron chi connectivity index (χ2n) is 4.91. The molecule has 3 heteroatoms. The second kappa shape index (κ2) is 3.62. The van der Waals surface area contributed by atoms with Gasteiger partial charge in [-0.3, -0.25) is 0 Å². The average Bonchev–Trinajstić information content (AvgIpc) is 2.15. The zero-order chi connectivity index (χ0) is 9.31. The van der Waals surface area contributed by atoms with Gasteiger partial charge in [0, 0.05) is 5.54 Å². The van der Waals surface area contributed by atoms with E-state index < -0.39 is 0 Å². The summed E-state index contributed by atoms with van der Waals surface area (Å²) < 4.78 is 0. The van der Waals surface area contributed by atoms with Gasteiger partial charge in [0.2, 0.25) is 0 Å². The summed E-state index contributed by atoms with van der Waals surface area (Å²) in [7, 11) is 4.57. The largest absolute Gasteiger partial charge is 0.344 e. The van der Waals surface area contributed by atoms with E-state index in [-0.39, 0.29) is 0 Å². The van der Waals surface area contributed by atoms with Gasteiger partial charge in [0.1, 0.15) is 0 Å². The molecule has 2 heterocycles. The molecule has 0 saturated carbocycles. The van der Waals surface area contributed by atoms with Crippen LogP contribution in [0.3, 0.4) is 0 Å². The van der Waals surface area contributed by atoms with E-state index in [1.54, 1.807) is 0 Å². The first-order valence-electron chi connectivity index (χ1n) is 5.63. The van der Waals surface area contributed by atoms with Crippen molar-refractivity contribution in [1.82, 2.24) is 9.71 Å². The maximum atomic E-state index is 2.63. The molecule has 0 aromatic carbocycles. The van der Waals surface area contributed by atoms with Crippen LogP contribution in [0, 0.1) is 0 Å². The summed E-state index contributed by atoms with van der Waals surface area (Å²) in [4.78, 5) is 5.09. The van der Waals surface area contributed by atoms with Crippen LogP contribution in [0.15, 0.2) is 0 Å². The number of nitrogens with zero attached hydrogens (tertiary/aromatic N) is 2. The molecular formula is C10H21BN2. The highest BCUT2D eigenvalue weighted by atomic mass is 15.2. The summed E-state index contributed by atoms with van der Waals surface area (Å²) in [5, 5.41) is 0. The molecule has 0 N–H and O–H groups in total. The van der Waals surface area contributed by atoms with Crippen molar-refractivity contribution in [3.05, 3.63) is 0 Å². The molecule has 2 nitrogen and oxygen atoms in total. The normalized spacial score (nSPS) is 30.8. The van der Waals surface area contributed by atoms with E-state index in [0.29, 0.717) is 5.54 Å². The van der Waals surface area contributed by atoms with E-state index in [2.05, 4.69) is 24.7 Å². The zero-order valence-electron chi connectivity index (χ0n) is 9.05. The van der Waals surface area contributed by atoms with E-state index in [9.17, 15) is 0 Å². The average molecular weight is 180 g/mol. The van der Waals surface area contributed by atoms with E-state index in [1.807, 2.05) is 0 Å².